The number of carbonyl (C=O) groups is 3. The summed E-state index contributed by atoms with van der Waals surface area (Å²) in [4.78, 5) is 36.5. The number of carbonyl (C=O) groups excluding carboxylic acids is 3. The zero-order chi connectivity index (χ0) is 32.7. The predicted molar refractivity (Wildman–Crippen MR) is 163 cm³/mol. The largest absolute Gasteiger partial charge is 0.494 e. The van der Waals surface area contributed by atoms with Crippen LogP contribution in [0, 0.1) is 0 Å². The van der Waals surface area contributed by atoms with E-state index in [0.717, 1.165) is 0 Å². The highest BCUT2D eigenvalue weighted by Gasteiger charge is 2.25. The topological polar surface area (TPSA) is 140 Å². The van der Waals surface area contributed by atoms with Crippen LogP contribution in [0.5, 0.6) is 11.5 Å². The molecule has 3 aromatic carbocycles. The van der Waals surface area contributed by atoms with Crippen molar-refractivity contribution in [2.75, 3.05) is 31.3 Å². The molecule has 0 aromatic heterocycles. The van der Waals surface area contributed by atoms with Crippen molar-refractivity contribution in [1.29, 1.82) is 0 Å². The summed E-state index contributed by atoms with van der Waals surface area (Å²) in [6.07, 6.45) is -0.140. The van der Waals surface area contributed by atoms with Crippen molar-refractivity contribution in [3.63, 3.8) is 0 Å². The highest BCUT2D eigenvalue weighted by molar-refractivity contribution is 5.92. The molecule has 4 N–H and O–H groups in total. The summed E-state index contributed by atoms with van der Waals surface area (Å²) in [6.45, 7) is 0.582. The van der Waals surface area contributed by atoms with E-state index in [1.165, 1.54) is 36.4 Å². The number of unbranched alkanes of at least 4 members (excludes halogenated alkanes) is 3. The van der Waals surface area contributed by atoms with Crippen LogP contribution in [0.3, 0.4) is 0 Å². The summed E-state index contributed by atoms with van der Waals surface area (Å²) >= 11 is 0. The fourth-order valence-corrected chi connectivity index (χ4v) is 3.93. The minimum absolute atomic E-state index is 0.0643. The van der Waals surface area contributed by atoms with E-state index >= 15 is 0 Å². The van der Waals surface area contributed by atoms with Gasteiger partial charge in [0.1, 0.15) is 11.5 Å². The molecule has 0 saturated carbocycles. The van der Waals surface area contributed by atoms with Gasteiger partial charge in [-0.25, -0.2) is 14.4 Å². The fourth-order valence-electron chi connectivity index (χ4n) is 3.93. The predicted octanol–water partition coefficient (Wildman–Crippen LogP) is 6.77. The summed E-state index contributed by atoms with van der Waals surface area (Å²) < 4.78 is 57.7. The molecule has 0 saturated heterocycles. The van der Waals surface area contributed by atoms with E-state index in [-0.39, 0.29) is 31.8 Å². The summed E-state index contributed by atoms with van der Waals surface area (Å²) in [7, 11) is 0. The normalized spacial score (nSPS) is 11.3. The van der Waals surface area contributed by atoms with Crippen LogP contribution in [0.15, 0.2) is 72.8 Å². The molecular weight excluding hydrogens is 593 g/mol. The van der Waals surface area contributed by atoms with Crippen molar-refractivity contribution >= 4 is 35.4 Å². The third-order valence-corrected chi connectivity index (χ3v) is 6.20. The second kappa shape index (κ2) is 17.3. The van der Waals surface area contributed by atoms with E-state index < -0.39 is 30.5 Å². The van der Waals surface area contributed by atoms with Crippen LogP contribution in [0.2, 0.25) is 0 Å². The Morgan fingerprint density at radius 2 is 1.27 bits per heavy atom. The minimum atomic E-state index is -4.14. The van der Waals surface area contributed by atoms with Gasteiger partial charge < -0.3 is 30.4 Å². The van der Waals surface area contributed by atoms with Crippen LogP contribution in [-0.4, -0.2) is 43.9 Å². The highest BCUT2D eigenvalue weighted by atomic mass is 19.4. The minimum Gasteiger partial charge on any atom is -0.494 e. The first-order chi connectivity index (χ1) is 21.5. The Morgan fingerprint density at radius 3 is 1.91 bits per heavy atom. The maximum atomic E-state index is 12.5. The Balaban J connectivity index is 1.30. The lowest BCUT2D eigenvalue weighted by molar-refractivity contribution is -0.138. The van der Waals surface area contributed by atoms with Gasteiger partial charge in [-0.3, -0.25) is 0 Å². The molecule has 0 amide bonds. The Kier molecular flexibility index (Phi) is 13.3. The number of rotatable bonds is 16. The highest BCUT2D eigenvalue weighted by Crippen LogP contribution is 2.23. The molecule has 3 rings (SSSR count). The van der Waals surface area contributed by atoms with E-state index in [1.807, 2.05) is 0 Å². The van der Waals surface area contributed by atoms with Gasteiger partial charge in [-0.2, -0.15) is 13.2 Å². The van der Waals surface area contributed by atoms with Crippen LogP contribution < -0.4 is 20.9 Å². The van der Waals surface area contributed by atoms with Gasteiger partial charge in [0.25, 0.3) is 0 Å². The van der Waals surface area contributed by atoms with E-state index in [9.17, 15) is 27.6 Å². The number of esters is 3. The van der Waals surface area contributed by atoms with Crippen molar-refractivity contribution in [1.82, 2.24) is 0 Å². The smallest absolute Gasteiger partial charge is 0.389 e. The van der Waals surface area contributed by atoms with Gasteiger partial charge in [0.2, 0.25) is 0 Å². The SMILES string of the molecule is Nc1cc(N)cc(C(=O)OCCCCOC(=O)C=Cc2ccc(OC(=O)c3ccc(OCCCCCC(F)(F)F)cc3)cc2)c1. The lowest BCUT2D eigenvalue weighted by atomic mass is 10.2. The summed E-state index contributed by atoms with van der Waals surface area (Å²) in [5.74, 6) is -0.846. The summed E-state index contributed by atoms with van der Waals surface area (Å²) in [5.41, 5.74) is 13.3. The lowest BCUT2D eigenvalue weighted by Gasteiger charge is -2.08. The van der Waals surface area contributed by atoms with E-state index in [1.54, 1.807) is 42.5 Å². The third-order valence-electron chi connectivity index (χ3n) is 6.20. The Hall–Kier alpha value is -5.00. The maximum absolute atomic E-state index is 12.5. The first-order valence-electron chi connectivity index (χ1n) is 14.3. The molecule has 0 aliphatic carbocycles. The van der Waals surface area contributed by atoms with Crippen molar-refractivity contribution in [2.24, 2.45) is 0 Å². The number of nitrogens with two attached hydrogens (primary N) is 2. The number of hydrogen-bond donors (Lipinski definition) is 2. The molecule has 0 heterocycles. The molecule has 0 radical (unpaired) electrons. The van der Waals surface area contributed by atoms with Crippen LogP contribution in [0.4, 0.5) is 24.5 Å². The molecule has 0 atom stereocenters. The molecular formula is C33H35F3N2O7. The third kappa shape index (κ3) is 13.5. The van der Waals surface area contributed by atoms with Gasteiger partial charge in [0.05, 0.1) is 30.9 Å². The van der Waals surface area contributed by atoms with Crippen LogP contribution >= 0.6 is 0 Å². The molecule has 0 aliphatic rings. The Labute approximate surface area is 258 Å². The van der Waals surface area contributed by atoms with Gasteiger partial charge in [-0.1, -0.05) is 12.1 Å². The standard InChI is InChI=1S/C33H35F3N2O7/c34-33(35,36)16-2-1-3-17-42-28-13-9-24(10-14-28)32(41)45-29-11-6-23(7-12-29)8-15-30(39)43-18-4-5-19-44-31(40)25-20-26(37)22-27(38)21-25/h6-15,20-22H,1-5,16-19,37-38H2. The molecule has 0 spiro atoms. The number of benzene rings is 3. The van der Waals surface area contributed by atoms with Gasteiger partial charge >= 0.3 is 24.1 Å². The van der Waals surface area contributed by atoms with Gasteiger partial charge in [0, 0.05) is 23.9 Å². The Morgan fingerprint density at radius 1 is 0.667 bits per heavy atom. The van der Waals surface area contributed by atoms with E-state index in [4.69, 9.17) is 30.4 Å². The van der Waals surface area contributed by atoms with Crippen LogP contribution in [0.1, 0.15) is 64.8 Å². The average Bonchev–Trinajstić information content (AvgIpc) is 2.99. The van der Waals surface area contributed by atoms with Crippen molar-refractivity contribution < 1.29 is 46.5 Å². The van der Waals surface area contributed by atoms with Crippen LogP contribution in [-0.2, 0) is 14.3 Å². The first kappa shape index (κ1) is 34.5. The molecule has 45 heavy (non-hydrogen) atoms. The van der Waals surface area contributed by atoms with Crippen molar-refractivity contribution in [3.05, 3.63) is 89.5 Å². The second-order valence-electron chi connectivity index (χ2n) is 9.99. The van der Waals surface area contributed by atoms with Gasteiger partial charge in [-0.05, 0) is 98.3 Å². The molecule has 12 heteroatoms. The second-order valence-corrected chi connectivity index (χ2v) is 9.99. The molecule has 9 nitrogen and oxygen atoms in total. The van der Waals surface area contributed by atoms with Gasteiger partial charge in [-0.15, -0.1) is 0 Å². The van der Waals surface area contributed by atoms with E-state index in [0.29, 0.717) is 59.7 Å². The number of alkyl halides is 3. The zero-order valence-corrected chi connectivity index (χ0v) is 24.5. The average molecular weight is 629 g/mol. The number of nitrogen functional groups attached to an aromatic ring is 2. The monoisotopic (exact) mass is 628 g/mol. The molecule has 0 aliphatic heterocycles. The summed E-state index contributed by atoms with van der Waals surface area (Å²) in [5, 5.41) is 0. The lowest BCUT2D eigenvalue weighted by Crippen LogP contribution is -2.09. The number of anilines is 2. The number of hydrogen-bond acceptors (Lipinski definition) is 9. The van der Waals surface area contributed by atoms with Crippen molar-refractivity contribution in [3.8, 4) is 11.5 Å². The van der Waals surface area contributed by atoms with Crippen LogP contribution in [0.25, 0.3) is 6.08 Å². The molecule has 240 valence electrons. The zero-order valence-electron chi connectivity index (χ0n) is 24.5. The Bertz CT molecular complexity index is 1420. The summed E-state index contributed by atoms with van der Waals surface area (Å²) in [6, 6.07) is 17.3. The van der Waals surface area contributed by atoms with E-state index in [2.05, 4.69) is 0 Å². The van der Waals surface area contributed by atoms with Gasteiger partial charge in [0.15, 0.2) is 0 Å². The molecule has 3 aromatic rings. The maximum Gasteiger partial charge on any atom is 0.389 e. The first-order valence-corrected chi connectivity index (χ1v) is 14.3. The number of halogens is 3. The molecule has 0 fully saturated rings. The fraction of sp³-hybridized carbons (Fsp3) is 0.303. The molecule has 0 unspecified atom stereocenters. The van der Waals surface area contributed by atoms with Crippen molar-refractivity contribution in [2.45, 2.75) is 44.7 Å². The number of ether oxygens (including phenoxy) is 4. The molecule has 0 bridgehead atoms. The quantitative estimate of drug-likeness (QED) is 0.0578.